The zero-order valence-electron chi connectivity index (χ0n) is 8.80. The molecule has 0 saturated carbocycles. The van der Waals surface area contributed by atoms with Crippen LogP contribution < -0.4 is 5.73 Å². The second-order valence-corrected chi connectivity index (χ2v) is 3.94. The Balaban J connectivity index is 2.93. The monoisotopic (exact) mass is 254 g/mol. The Morgan fingerprint density at radius 1 is 1.53 bits per heavy atom. The molecule has 0 aliphatic rings. The van der Waals surface area contributed by atoms with Gasteiger partial charge in [0.05, 0.1) is 23.1 Å². The van der Waals surface area contributed by atoms with E-state index in [0.29, 0.717) is 5.56 Å². The van der Waals surface area contributed by atoms with E-state index in [1.54, 1.807) is 0 Å². The molecule has 1 rings (SSSR count). The van der Waals surface area contributed by atoms with Crippen molar-refractivity contribution in [3.8, 4) is 6.07 Å². The zero-order valence-corrected chi connectivity index (χ0v) is 9.55. The van der Waals surface area contributed by atoms with Crippen LogP contribution in [0.4, 0.5) is 0 Å². The first kappa shape index (κ1) is 13.5. The Hall–Kier alpha value is -1.61. The molecule has 0 aliphatic heterocycles. The Morgan fingerprint density at radius 2 is 2.18 bits per heavy atom. The molecule has 0 saturated heterocycles. The predicted octanol–water partition coefficient (Wildman–Crippen LogP) is 0.481. The van der Waals surface area contributed by atoms with Gasteiger partial charge in [-0.25, -0.2) is 0 Å². The highest BCUT2D eigenvalue weighted by atomic mass is 35.5. The fourth-order valence-corrected chi connectivity index (χ4v) is 1.51. The first-order chi connectivity index (χ1) is 7.95. The van der Waals surface area contributed by atoms with Gasteiger partial charge in [0.2, 0.25) is 5.91 Å². The van der Waals surface area contributed by atoms with Crippen LogP contribution in [0.15, 0.2) is 18.2 Å². The molecule has 0 radical (unpaired) electrons. The van der Waals surface area contributed by atoms with Crippen molar-refractivity contribution in [1.29, 1.82) is 5.26 Å². The van der Waals surface area contributed by atoms with Crippen LogP contribution in [0.25, 0.3) is 0 Å². The van der Waals surface area contributed by atoms with Crippen LogP contribution in [0, 0.1) is 11.3 Å². The van der Waals surface area contributed by atoms with Gasteiger partial charge in [-0.1, -0.05) is 17.7 Å². The van der Waals surface area contributed by atoms with E-state index in [9.17, 15) is 15.0 Å². The van der Waals surface area contributed by atoms with E-state index in [-0.39, 0.29) is 17.0 Å². The summed E-state index contributed by atoms with van der Waals surface area (Å²) in [5.74, 6) is -0.717. The highest BCUT2D eigenvalue weighted by Crippen LogP contribution is 2.23. The quantitative estimate of drug-likeness (QED) is 0.726. The molecule has 17 heavy (non-hydrogen) atoms. The Bertz CT molecular complexity index is 470. The first-order valence-electron chi connectivity index (χ1n) is 4.79. The number of halogens is 1. The number of hydrogen-bond donors (Lipinski definition) is 3. The smallest absolute Gasteiger partial charge is 0.220 e. The van der Waals surface area contributed by atoms with E-state index in [0.717, 1.165) is 0 Å². The van der Waals surface area contributed by atoms with Crippen molar-refractivity contribution in [2.24, 2.45) is 5.73 Å². The molecule has 2 atom stereocenters. The summed E-state index contributed by atoms with van der Waals surface area (Å²) >= 11 is 5.72. The van der Waals surface area contributed by atoms with E-state index in [1.807, 2.05) is 6.07 Å². The highest BCUT2D eigenvalue weighted by molar-refractivity contribution is 6.31. The summed E-state index contributed by atoms with van der Waals surface area (Å²) in [6.07, 6.45) is -2.95. The summed E-state index contributed by atoms with van der Waals surface area (Å²) in [6, 6.07) is 6.12. The lowest BCUT2D eigenvalue weighted by molar-refractivity contribution is -0.121. The number of nitrogens with zero attached hydrogens (tertiary/aromatic N) is 1. The standard InChI is InChI=1S/C11H11ClN2O3/c12-8-2-1-6(3-7(8)5-13)11(17)9(15)4-10(14)16/h1-3,9,11,15,17H,4H2,(H2,14,16). The van der Waals surface area contributed by atoms with E-state index in [1.165, 1.54) is 18.2 Å². The SMILES string of the molecule is N#Cc1cc(C(O)C(O)CC(N)=O)ccc1Cl. The number of benzene rings is 1. The number of carbonyl (C=O) groups is 1. The Morgan fingerprint density at radius 3 is 2.71 bits per heavy atom. The van der Waals surface area contributed by atoms with Gasteiger partial charge >= 0.3 is 0 Å². The molecular formula is C11H11ClN2O3. The molecule has 1 aromatic carbocycles. The third-order valence-corrected chi connectivity index (χ3v) is 2.56. The second-order valence-electron chi connectivity index (χ2n) is 3.53. The number of primary amides is 1. The average molecular weight is 255 g/mol. The van der Waals surface area contributed by atoms with Gasteiger partial charge in [0.25, 0.3) is 0 Å². The molecule has 0 aromatic heterocycles. The van der Waals surface area contributed by atoms with Crippen LogP contribution in [-0.4, -0.2) is 22.2 Å². The van der Waals surface area contributed by atoms with Gasteiger partial charge < -0.3 is 15.9 Å². The molecule has 0 spiro atoms. The van der Waals surface area contributed by atoms with Gasteiger partial charge in [-0.15, -0.1) is 0 Å². The lowest BCUT2D eigenvalue weighted by Crippen LogP contribution is -2.25. The van der Waals surface area contributed by atoms with Crippen molar-refractivity contribution in [3.63, 3.8) is 0 Å². The topological polar surface area (TPSA) is 107 Å². The number of hydrogen-bond acceptors (Lipinski definition) is 4. The van der Waals surface area contributed by atoms with Crippen molar-refractivity contribution in [2.75, 3.05) is 0 Å². The lowest BCUT2D eigenvalue weighted by atomic mass is 10.0. The molecule has 90 valence electrons. The minimum Gasteiger partial charge on any atom is -0.390 e. The Kier molecular flexibility index (Phi) is 4.46. The molecule has 5 nitrogen and oxygen atoms in total. The third-order valence-electron chi connectivity index (χ3n) is 2.23. The van der Waals surface area contributed by atoms with Gasteiger partial charge in [-0.05, 0) is 17.7 Å². The van der Waals surface area contributed by atoms with Crippen molar-refractivity contribution in [3.05, 3.63) is 34.3 Å². The van der Waals surface area contributed by atoms with Crippen LogP contribution in [-0.2, 0) is 4.79 Å². The van der Waals surface area contributed by atoms with Gasteiger partial charge in [-0.3, -0.25) is 4.79 Å². The van der Waals surface area contributed by atoms with Crippen molar-refractivity contribution < 1.29 is 15.0 Å². The molecule has 0 aliphatic carbocycles. The van der Waals surface area contributed by atoms with Crippen LogP contribution in [0.1, 0.15) is 23.7 Å². The van der Waals surface area contributed by atoms with Crippen molar-refractivity contribution >= 4 is 17.5 Å². The van der Waals surface area contributed by atoms with Gasteiger partial charge in [-0.2, -0.15) is 5.26 Å². The highest BCUT2D eigenvalue weighted by Gasteiger charge is 2.21. The molecular weight excluding hydrogens is 244 g/mol. The number of amides is 1. The number of rotatable bonds is 4. The van der Waals surface area contributed by atoms with E-state index >= 15 is 0 Å². The van der Waals surface area contributed by atoms with Gasteiger partial charge in [0, 0.05) is 0 Å². The van der Waals surface area contributed by atoms with Crippen LogP contribution in [0.5, 0.6) is 0 Å². The largest absolute Gasteiger partial charge is 0.390 e. The summed E-state index contributed by atoms with van der Waals surface area (Å²) in [5.41, 5.74) is 5.40. The normalized spacial score (nSPS) is 13.8. The van der Waals surface area contributed by atoms with Gasteiger partial charge in [0.1, 0.15) is 12.2 Å². The second kappa shape index (κ2) is 5.64. The summed E-state index contributed by atoms with van der Waals surface area (Å²) in [7, 11) is 0. The molecule has 0 heterocycles. The molecule has 1 amide bonds. The number of aliphatic hydroxyl groups excluding tert-OH is 2. The maximum absolute atomic E-state index is 10.6. The van der Waals surface area contributed by atoms with Crippen LogP contribution >= 0.6 is 11.6 Å². The van der Waals surface area contributed by atoms with Gasteiger partial charge in [0.15, 0.2) is 0 Å². The molecule has 6 heteroatoms. The first-order valence-corrected chi connectivity index (χ1v) is 5.17. The number of carbonyl (C=O) groups excluding carboxylic acids is 1. The molecule has 0 fully saturated rings. The lowest BCUT2D eigenvalue weighted by Gasteiger charge is -2.17. The number of aliphatic hydroxyl groups is 2. The summed E-state index contributed by atoms with van der Waals surface area (Å²) in [5, 5.41) is 28.3. The zero-order chi connectivity index (χ0) is 13.0. The maximum Gasteiger partial charge on any atom is 0.220 e. The van der Waals surface area contributed by atoms with E-state index < -0.39 is 18.1 Å². The minimum absolute atomic E-state index is 0.189. The van der Waals surface area contributed by atoms with Crippen LogP contribution in [0.3, 0.4) is 0 Å². The minimum atomic E-state index is -1.31. The van der Waals surface area contributed by atoms with Crippen molar-refractivity contribution in [2.45, 2.75) is 18.6 Å². The summed E-state index contributed by atoms with van der Waals surface area (Å²) < 4.78 is 0. The fraction of sp³-hybridized carbons (Fsp3) is 0.273. The van der Waals surface area contributed by atoms with Crippen LogP contribution in [0.2, 0.25) is 5.02 Å². The molecule has 0 bridgehead atoms. The maximum atomic E-state index is 10.6. The third kappa shape index (κ3) is 3.43. The average Bonchev–Trinajstić information content (AvgIpc) is 2.27. The summed E-state index contributed by atoms with van der Waals surface area (Å²) in [4.78, 5) is 10.6. The number of nitriles is 1. The Labute approximate surface area is 103 Å². The van der Waals surface area contributed by atoms with E-state index in [2.05, 4.69) is 0 Å². The van der Waals surface area contributed by atoms with Crippen molar-refractivity contribution in [1.82, 2.24) is 0 Å². The molecule has 2 unspecified atom stereocenters. The number of nitrogens with two attached hydrogens (primary N) is 1. The summed E-state index contributed by atoms with van der Waals surface area (Å²) in [6.45, 7) is 0. The van der Waals surface area contributed by atoms with E-state index in [4.69, 9.17) is 22.6 Å². The predicted molar refractivity (Wildman–Crippen MR) is 60.9 cm³/mol. The molecule has 4 N–H and O–H groups in total. The fourth-order valence-electron chi connectivity index (χ4n) is 1.35. The molecule has 1 aromatic rings.